The molecule has 5 heteroatoms. The smallest absolute Gasteiger partial charge is 0.269 e. The van der Waals surface area contributed by atoms with Crippen LogP contribution >= 0.6 is 0 Å². The van der Waals surface area contributed by atoms with Crippen molar-refractivity contribution in [2.45, 2.75) is 19.8 Å². The molecule has 0 saturated heterocycles. The van der Waals surface area contributed by atoms with Crippen molar-refractivity contribution in [3.05, 3.63) is 39.9 Å². The Bertz CT molecular complexity index is 387. The van der Waals surface area contributed by atoms with Gasteiger partial charge in [-0.1, -0.05) is 13.3 Å². The standard InChI is InChI=1S/C12H16N2O3/c1-2-3-8-13-9-12(15)10-4-6-11(7-5-10)14(16)17/h4-7,13H,2-3,8-9H2,1H3. The Morgan fingerprint density at radius 3 is 2.53 bits per heavy atom. The number of hydrogen-bond donors (Lipinski definition) is 1. The second kappa shape index (κ2) is 6.75. The van der Waals surface area contributed by atoms with Crippen molar-refractivity contribution in [2.75, 3.05) is 13.1 Å². The molecule has 0 amide bonds. The number of nitrogens with zero attached hydrogens (tertiary/aromatic N) is 1. The van der Waals surface area contributed by atoms with E-state index in [1.165, 1.54) is 24.3 Å². The first-order valence-corrected chi connectivity index (χ1v) is 5.63. The van der Waals surface area contributed by atoms with Crippen LogP contribution in [0.1, 0.15) is 30.1 Å². The molecule has 1 aromatic carbocycles. The van der Waals surface area contributed by atoms with Crippen LogP contribution in [0.25, 0.3) is 0 Å². The van der Waals surface area contributed by atoms with E-state index in [0.717, 1.165) is 19.4 Å². The Balaban J connectivity index is 2.49. The first kappa shape index (κ1) is 13.3. The van der Waals surface area contributed by atoms with Gasteiger partial charge in [-0.25, -0.2) is 0 Å². The van der Waals surface area contributed by atoms with Crippen LogP contribution in [0.4, 0.5) is 5.69 Å². The normalized spacial score (nSPS) is 10.2. The lowest BCUT2D eigenvalue weighted by atomic mass is 10.1. The van der Waals surface area contributed by atoms with E-state index in [-0.39, 0.29) is 18.0 Å². The molecule has 17 heavy (non-hydrogen) atoms. The third kappa shape index (κ3) is 4.32. The predicted octanol–water partition coefficient (Wildman–Crippen LogP) is 2.17. The predicted molar refractivity (Wildman–Crippen MR) is 65.2 cm³/mol. The minimum Gasteiger partial charge on any atom is -0.310 e. The third-order valence-corrected chi connectivity index (χ3v) is 2.39. The van der Waals surface area contributed by atoms with E-state index < -0.39 is 4.92 Å². The molecule has 1 N–H and O–H groups in total. The molecule has 0 radical (unpaired) electrons. The number of non-ortho nitro benzene ring substituents is 1. The molecule has 92 valence electrons. The zero-order chi connectivity index (χ0) is 12.7. The molecule has 0 unspecified atom stereocenters. The van der Waals surface area contributed by atoms with Gasteiger partial charge < -0.3 is 5.32 Å². The van der Waals surface area contributed by atoms with Gasteiger partial charge in [-0.2, -0.15) is 0 Å². The molecule has 0 saturated carbocycles. The molecule has 0 atom stereocenters. The molecule has 0 bridgehead atoms. The van der Waals surface area contributed by atoms with Gasteiger partial charge in [-0.05, 0) is 25.1 Å². The summed E-state index contributed by atoms with van der Waals surface area (Å²) in [5, 5.41) is 13.5. The number of Topliss-reactive ketones (excluding diaryl/α,β-unsaturated/α-hetero) is 1. The van der Waals surface area contributed by atoms with Crippen molar-refractivity contribution >= 4 is 11.5 Å². The van der Waals surface area contributed by atoms with E-state index in [1.807, 2.05) is 0 Å². The molecule has 5 nitrogen and oxygen atoms in total. The lowest BCUT2D eigenvalue weighted by Crippen LogP contribution is -2.23. The van der Waals surface area contributed by atoms with E-state index in [2.05, 4.69) is 12.2 Å². The minimum absolute atomic E-state index is 0.000456. The summed E-state index contributed by atoms with van der Waals surface area (Å²) in [4.78, 5) is 21.6. The van der Waals surface area contributed by atoms with Crippen molar-refractivity contribution in [3.63, 3.8) is 0 Å². The number of nitro benzene ring substituents is 1. The number of hydrogen-bond acceptors (Lipinski definition) is 4. The topological polar surface area (TPSA) is 72.2 Å². The molecule has 0 spiro atoms. The summed E-state index contributed by atoms with van der Waals surface area (Å²) in [7, 11) is 0. The summed E-state index contributed by atoms with van der Waals surface area (Å²) in [5.74, 6) is -0.0454. The number of nitrogens with one attached hydrogen (secondary N) is 1. The maximum atomic E-state index is 11.7. The van der Waals surface area contributed by atoms with E-state index in [0.29, 0.717) is 5.56 Å². The van der Waals surface area contributed by atoms with Gasteiger partial charge in [0.05, 0.1) is 11.5 Å². The molecule has 0 aliphatic rings. The van der Waals surface area contributed by atoms with Crippen molar-refractivity contribution in [2.24, 2.45) is 0 Å². The summed E-state index contributed by atoms with van der Waals surface area (Å²) in [6.45, 7) is 3.17. The lowest BCUT2D eigenvalue weighted by molar-refractivity contribution is -0.384. The van der Waals surface area contributed by atoms with Gasteiger partial charge in [-0.15, -0.1) is 0 Å². The summed E-state index contributed by atoms with van der Waals surface area (Å²) in [6, 6.07) is 5.67. The van der Waals surface area contributed by atoms with Gasteiger partial charge >= 0.3 is 0 Å². The number of unbranched alkanes of at least 4 members (excludes halogenated alkanes) is 1. The molecule has 1 rings (SSSR count). The second-order valence-corrected chi connectivity index (χ2v) is 3.76. The average molecular weight is 236 g/mol. The van der Waals surface area contributed by atoms with Crippen LogP contribution in [-0.2, 0) is 0 Å². The first-order chi connectivity index (χ1) is 8.15. The minimum atomic E-state index is -0.478. The van der Waals surface area contributed by atoms with Crippen molar-refractivity contribution in [1.82, 2.24) is 5.32 Å². The van der Waals surface area contributed by atoms with Gasteiger partial charge in [0, 0.05) is 17.7 Å². The second-order valence-electron chi connectivity index (χ2n) is 3.76. The number of rotatable bonds is 7. The molecule has 0 aliphatic heterocycles. The Morgan fingerprint density at radius 2 is 2.00 bits per heavy atom. The maximum Gasteiger partial charge on any atom is 0.269 e. The molecule has 1 aromatic rings. The highest BCUT2D eigenvalue weighted by atomic mass is 16.6. The zero-order valence-electron chi connectivity index (χ0n) is 9.81. The number of carbonyl (C=O) groups is 1. The third-order valence-electron chi connectivity index (χ3n) is 2.39. The van der Waals surface area contributed by atoms with Crippen LogP contribution in [0.5, 0.6) is 0 Å². The summed E-state index contributed by atoms with van der Waals surface area (Å²) < 4.78 is 0. The largest absolute Gasteiger partial charge is 0.310 e. The highest BCUT2D eigenvalue weighted by Gasteiger charge is 2.08. The number of benzene rings is 1. The SMILES string of the molecule is CCCCNCC(=O)c1ccc([N+](=O)[O-])cc1. The maximum absolute atomic E-state index is 11.7. The van der Waals surface area contributed by atoms with Gasteiger partial charge in [0.1, 0.15) is 0 Å². The van der Waals surface area contributed by atoms with Crippen LogP contribution in [0.3, 0.4) is 0 Å². The van der Waals surface area contributed by atoms with Crippen molar-refractivity contribution in [1.29, 1.82) is 0 Å². The van der Waals surface area contributed by atoms with Crippen LogP contribution in [0.2, 0.25) is 0 Å². The number of nitro groups is 1. The number of carbonyl (C=O) groups excluding carboxylic acids is 1. The molecule has 0 aliphatic carbocycles. The highest BCUT2D eigenvalue weighted by Crippen LogP contribution is 2.11. The van der Waals surface area contributed by atoms with E-state index in [1.54, 1.807) is 0 Å². The van der Waals surface area contributed by atoms with Gasteiger partial charge in [0.2, 0.25) is 0 Å². The van der Waals surface area contributed by atoms with Crippen LogP contribution < -0.4 is 5.32 Å². The average Bonchev–Trinajstić information content (AvgIpc) is 2.34. The summed E-state index contributed by atoms with van der Waals surface area (Å²) in [6.07, 6.45) is 2.12. The van der Waals surface area contributed by atoms with Crippen molar-refractivity contribution in [3.8, 4) is 0 Å². The van der Waals surface area contributed by atoms with Gasteiger partial charge in [-0.3, -0.25) is 14.9 Å². The molecule has 0 aromatic heterocycles. The number of ketones is 1. The molecule has 0 fully saturated rings. The van der Waals surface area contributed by atoms with Crippen molar-refractivity contribution < 1.29 is 9.72 Å². The van der Waals surface area contributed by atoms with Crippen LogP contribution in [0.15, 0.2) is 24.3 Å². The van der Waals surface area contributed by atoms with Crippen LogP contribution in [0, 0.1) is 10.1 Å². The van der Waals surface area contributed by atoms with E-state index in [4.69, 9.17) is 0 Å². The zero-order valence-corrected chi connectivity index (χ0v) is 9.81. The Hall–Kier alpha value is -1.75. The fourth-order valence-electron chi connectivity index (χ4n) is 1.37. The molecular weight excluding hydrogens is 220 g/mol. The Morgan fingerprint density at radius 1 is 1.35 bits per heavy atom. The van der Waals surface area contributed by atoms with Gasteiger partial charge in [0.15, 0.2) is 5.78 Å². The highest BCUT2D eigenvalue weighted by molar-refractivity contribution is 5.97. The first-order valence-electron chi connectivity index (χ1n) is 5.63. The molecular formula is C12H16N2O3. The quantitative estimate of drug-likeness (QED) is 0.341. The molecule has 0 heterocycles. The van der Waals surface area contributed by atoms with E-state index >= 15 is 0 Å². The summed E-state index contributed by atoms with van der Waals surface area (Å²) in [5.41, 5.74) is 0.500. The Labute approximate surface area is 100.0 Å². The Kier molecular flexibility index (Phi) is 5.29. The fourth-order valence-corrected chi connectivity index (χ4v) is 1.37. The lowest BCUT2D eigenvalue weighted by Gasteiger charge is -2.03. The summed E-state index contributed by atoms with van der Waals surface area (Å²) >= 11 is 0. The van der Waals surface area contributed by atoms with Crippen LogP contribution in [-0.4, -0.2) is 23.8 Å². The fraction of sp³-hybridized carbons (Fsp3) is 0.417. The monoisotopic (exact) mass is 236 g/mol. The van der Waals surface area contributed by atoms with Gasteiger partial charge in [0.25, 0.3) is 5.69 Å². The van der Waals surface area contributed by atoms with E-state index in [9.17, 15) is 14.9 Å².